The van der Waals surface area contributed by atoms with Crippen LogP contribution >= 0.6 is 0 Å². The molecule has 10 aromatic rings. The van der Waals surface area contributed by atoms with Gasteiger partial charge >= 0.3 is 0 Å². The van der Waals surface area contributed by atoms with Crippen molar-refractivity contribution in [3.63, 3.8) is 0 Å². The van der Waals surface area contributed by atoms with Gasteiger partial charge in [-0.05, 0) is 95.2 Å². The van der Waals surface area contributed by atoms with Crippen molar-refractivity contribution in [1.82, 2.24) is 0 Å². The molecule has 0 spiro atoms. The van der Waals surface area contributed by atoms with Crippen LogP contribution in [0.4, 0.5) is 0 Å². The second-order valence-corrected chi connectivity index (χ2v) is 12.4. The molecule has 0 saturated heterocycles. The molecule has 218 valence electrons. The SMILES string of the molecule is c1ccc(-c2c3ccccc3c(-c3ccc4cc(-c5c6ccccc6cc6c5oc5ccccc56)ccc4c3)c3ccccc23)cc1. The molecule has 0 aliphatic heterocycles. The largest absolute Gasteiger partial charge is 0.455 e. The molecule has 0 saturated carbocycles. The summed E-state index contributed by atoms with van der Waals surface area (Å²) in [5.41, 5.74) is 9.20. The Hall–Kier alpha value is -6.18. The van der Waals surface area contributed by atoms with Gasteiger partial charge in [-0.2, -0.15) is 0 Å². The molecule has 10 rings (SSSR count). The number of furan rings is 1. The molecule has 9 aromatic carbocycles. The molecule has 1 aromatic heterocycles. The molecule has 0 fully saturated rings. The average molecular weight is 597 g/mol. The fraction of sp³-hybridized carbons (Fsp3) is 0. The van der Waals surface area contributed by atoms with Crippen molar-refractivity contribution in [3.05, 3.63) is 170 Å². The van der Waals surface area contributed by atoms with Crippen molar-refractivity contribution in [2.45, 2.75) is 0 Å². The lowest BCUT2D eigenvalue weighted by Crippen LogP contribution is -1.91. The second kappa shape index (κ2) is 10.2. The van der Waals surface area contributed by atoms with E-state index in [0.717, 1.165) is 33.1 Å². The van der Waals surface area contributed by atoms with Gasteiger partial charge in [0.25, 0.3) is 0 Å². The lowest BCUT2D eigenvalue weighted by atomic mass is 9.85. The second-order valence-electron chi connectivity index (χ2n) is 12.4. The molecular weight excluding hydrogens is 569 g/mol. The molecular formula is C46H28O. The van der Waals surface area contributed by atoms with E-state index < -0.39 is 0 Å². The van der Waals surface area contributed by atoms with Gasteiger partial charge in [0.15, 0.2) is 0 Å². The van der Waals surface area contributed by atoms with Gasteiger partial charge in [-0.1, -0.05) is 146 Å². The normalized spacial score (nSPS) is 11.8. The Labute approximate surface area is 271 Å². The van der Waals surface area contributed by atoms with Crippen molar-refractivity contribution in [2.75, 3.05) is 0 Å². The number of fused-ring (bicyclic) bond motifs is 7. The van der Waals surface area contributed by atoms with Crippen molar-refractivity contribution in [1.29, 1.82) is 0 Å². The summed E-state index contributed by atoms with van der Waals surface area (Å²) >= 11 is 0. The topological polar surface area (TPSA) is 13.1 Å². The van der Waals surface area contributed by atoms with Crippen LogP contribution in [-0.2, 0) is 0 Å². The van der Waals surface area contributed by atoms with Crippen LogP contribution in [0.2, 0.25) is 0 Å². The lowest BCUT2D eigenvalue weighted by molar-refractivity contribution is 0.670. The Morgan fingerprint density at radius 2 is 0.766 bits per heavy atom. The fourth-order valence-electron chi connectivity index (χ4n) is 7.72. The summed E-state index contributed by atoms with van der Waals surface area (Å²) in [5.74, 6) is 0. The number of benzene rings is 9. The van der Waals surface area contributed by atoms with Crippen molar-refractivity contribution < 1.29 is 4.42 Å². The zero-order valence-corrected chi connectivity index (χ0v) is 25.6. The molecule has 1 nitrogen and oxygen atoms in total. The summed E-state index contributed by atoms with van der Waals surface area (Å²) in [6.07, 6.45) is 0. The lowest BCUT2D eigenvalue weighted by Gasteiger charge is -2.18. The molecule has 0 amide bonds. The van der Waals surface area contributed by atoms with Gasteiger partial charge in [0, 0.05) is 16.3 Å². The predicted octanol–water partition coefficient (Wildman–Crippen LogP) is 13.2. The van der Waals surface area contributed by atoms with Crippen LogP contribution in [0.5, 0.6) is 0 Å². The summed E-state index contributed by atoms with van der Waals surface area (Å²) in [6, 6.07) is 61.5. The summed E-state index contributed by atoms with van der Waals surface area (Å²) in [7, 11) is 0. The molecule has 0 aliphatic rings. The Balaban J connectivity index is 1.20. The quantitative estimate of drug-likeness (QED) is 0.185. The maximum Gasteiger partial charge on any atom is 0.143 e. The Kier molecular flexibility index (Phi) is 5.64. The molecule has 0 bridgehead atoms. The van der Waals surface area contributed by atoms with E-state index in [2.05, 4.69) is 164 Å². The predicted molar refractivity (Wildman–Crippen MR) is 200 cm³/mol. The summed E-state index contributed by atoms with van der Waals surface area (Å²) < 4.78 is 6.56. The van der Waals surface area contributed by atoms with Gasteiger partial charge in [-0.25, -0.2) is 0 Å². The van der Waals surface area contributed by atoms with E-state index in [4.69, 9.17) is 4.42 Å². The van der Waals surface area contributed by atoms with E-state index in [1.807, 2.05) is 6.07 Å². The number of hydrogen-bond acceptors (Lipinski definition) is 1. The highest BCUT2D eigenvalue weighted by molar-refractivity contribution is 6.22. The third-order valence-electron chi connectivity index (χ3n) is 9.80. The van der Waals surface area contributed by atoms with Gasteiger partial charge in [0.1, 0.15) is 11.2 Å². The zero-order chi connectivity index (χ0) is 30.9. The van der Waals surface area contributed by atoms with Crippen LogP contribution in [0.1, 0.15) is 0 Å². The van der Waals surface area contributed by atoms with Crippen molar-refractivity contribution in [3.8, 4) is 33.4 Å². The monoisotopic (exact) mass is 596 g/mol. The van der Waals surface area contributed by atoms with Gasteiger partial charge in [-0.15, -0.1) is 0 Å². The highest BCUT2D eigenvalue weighted by Crippen LogP contribution is 2.45. The maximum absolute atomic E-state index is 6.56. The molecule has 1 heteroatoms. The smallest absolute Gasteiger partial charge is 0.143 e. The number of para-hydroxylation sites is 1. The Morgan fingerprint density at radius 1 is 0.277 bits per heavy atom. The van der Waals surface area contributed by atoms with Gasteiger partial charge < -0.3 is 4.42 Å². The first-order valence-electron chi connectivity index (χ1n) is 16.2. The zero-order valence-electron chi connectivity index (χ0n) is 25.6. The van der Waals surface area contributed by atoms with E-state index in [1.165, 1.54) is 65.3 Å². The Morgan fingerprint density at radius 3 is 1.40 bits per heavy atom. The first-order chi connectivity index (χ1) is 23.3. The van der Waals surface area contributed by atoms with Crippen LogP contribution in [0.15, 0.2) is 174 Å². The first kappa shape index (κ1) is 26.1. The standard InChI is InChI=1S/C46H28O/c1-2-12-29(13-3-1)43-37-17-6-8-19-39(37)44(40-20-9-7-18-38(40)43)33-24-22-31-27-34(25-23-30(31)26-33)45-35-15-5-4-14-32(35)28-41-36-16-10-11-21-42(36)47-46(41)45/h1-28H. The highest BCUT2D eigenvalue weighted by atomic mass is 16.3. The average Bonchev–Trinajstić information content (AvgIpc) is 3.50. The van der Waals surface area contributed by atoms with E-state index >= 15 is 0 Å². The highest BCUT2D eigenvalue weighted by Gasteiger charge is 2.18. The first-order valence-corrected chi connectivity index (χ1v) is 16.2. The number of hydrogen-bond donors (Lipinski definition) is 0. The molecule has 0 aliphatic carbocycles. The summed E-state index contributed by atoms with van der Waals surface area (Å²) in [5, 5.41) is 12.2. The van der Waals surface area contributed by atoms with Gasteiger partial charge in [-0.3, -0.25) is 0 Å². The minimum atomic E-state index is 0.919. The minimum Gasteiger partial charge on any atom is -0.455 e. The fourth-order valence-corrected chi connectivity index (χ4v) is 7.72. The maximum atomic E-state index is 6.56. The third-order valence-corrected chi connectivity index (χ3v) is 9.80. The van der Waals surface area contributed by atoms with Gasteiger partial charge in [0.05, 0.1) is 0 Å². The summed E-state index contributed by atoms with van der Waals surface area (Å²) in [4.78, 5) is 0. The van der Waals surface area contributed by atoms with Crippen molar-refractivity contribution in [2.24, 2.45) is 0 Å². The van der Waals surface area contributed by atoms with E-state index in [-0.39, 0.29) is 0 Å². The minimum absolute atomic E-state index is 0.919. The van der Waals surface area contributed by atoms with Crippen LogP contribution in [0.3, 0.4) is 0 Å². The Bertz CT molecular complexity index is 2780. The molecule has 47 heavy (non-hydrogen) atoms. The van der Waals surface area contributed by atoms with E-state index in [1.54, 1.807) is 0 Å². The van der Waals surface area contributed by atoms with Crippen LogP contribution in [-0.4, -0.2) is 0 Å². The van der Waals surface area contributed by atoms with Crippen LogP contribution < -0.4 is 0 Å². The summed E-state index contributed by atoms with van der Waals surface area (Å²) in [6.45, 7) is 0. The van der Waals surface area contributed by atoms with Crippen LogP contribution in [0, 0.1) is 0 Å². The third kappa shape index (κ3) is 3.97. The number of rotatable bonds is 3. The molecule has 0 radical (unpaired) electrons. The molecule has 0 atom stereocenters. The van der Waals surface area contributed by atoms with Crippen LogP contribution in [0.25, 0.3) is 98.4 Å². The van der Waals surface area contributed by atoms with E-state index in [0.29, 0.717) is 0 Å². The molecule has 1 heterocycles. The van der Waals surface area contributed by atoms with Gasteiger partial charge in [0.2, 0.25) is 0 Å². The van der Waals surface area contributed by atoms with Crippen molar-refractivity contribution >= 4 is 65.0 Å². The molecule has 0 N–H and O–H groups in total. The van der Waals surface area contributed by atoms with E-state index in [9.17, 15) is 0 Å². The molecule has 0 unspecified atom stereocenters.